The summed E-state index contributed by atoms with van der Waals surface area (Å²) < 4.78 is 159. The molecule has 26 heavy (non-hydrogen) atoms. The van der Waals surface area contributed by atoms with E-state index in [4.69, 9.17) is 0 Å². The van der Waals surface area contributed by atoms with Gasteiger partial charge in [0.1, 0.15) is 0 Å². The van der Waals surface area contributed by atoms with Gasteiger partial charge < -0.3 is 0 Å². The molecule has 12 heteroatoms. The molecular formula is C14F12. The van der Waals surface area contributed by atoms with Gasteiger partial charge in [-0.15, -0.1) is 0 Å². The maximum atomic E-state index is 13.8. The summed E-state index contributed by atoms with van der Waals surface area (Å²) in [5.41, 5.74) is -7.41. The van der Waals surface area contributed by atoms with Crippen LogP contribution in [-0.2, 0) is 0 Å². The first-order valence-electron chi connectivity index (χ1n) is 6.02. The topological polar surface area (TPSA) is 0 Å². The Labute approximate surface area is 135 Å². The van der Waals surface area contributed by atoms with E-state index in [1.807, 2.05) is 0 Å². The van der Waals surface area contributed by atoms with Crippen LogP contribution in [0.4, 0.5) is 52.7 Å². The number of benzene rings is 2. The van der Waals surface area contributed by atoms with Gasteiger partial charge in [-0.2, -0.15) is 8.78 Å². The van der Waals surface area contributed by atoms with Gasteiger partial charge >= 0.3 is 6.08 Å². The van der Waals surface area contributed by atoms with Crippen molar-refractivity contribution in [1.82, 2.24) is 0 Å². The van der Waals surface area contributed by atoms with E-state index in [0.29, 0.717) is 0 Å². The standard InChI is InChI=1S/C14F12/c15-4-1(2-6(17)11(22)13(24)12(23)7(2)18)5(16)9(20)3(8(4)19)10(21)14(25)26. The first-order chi connectivity index (χ1) is 11.9. The van der Waals surface area contributed by atoms with E-state index in [2.05, 4.69) is 0 Å². The Morgan fingerprint density at radius 2 is 0.654 bits per heavy atom. The zero-order chi connectivity index (χ0) is 20.1. The second kappa shape index (κ2) is 6.57. The van der Waals surface area contributed by atoms with Crippen molar-refractivity contribution in [3.8, 4) is 11.1 Å². The van der Waals surface area contributed by atoms with Crippen LogP contribution in [0.15, 0.2) is 6.08 Å². The molecule has 0 aromatic heterocycles. The maximum Gasteiger partial charge on any atom is 0.306 e. The minimum Gasteiger partial charge on any atom is -0.203 e. The Hall–Kier alpha value is -2.66. The highest BCUT2D eigenvalue weighted by molar-refractivity contribution is 5.71. The van der Waals surface area contributed by atoms with E-state index in [9.17, 15) is 52.7 Å². The highest BCUT2D eigenvalue weighted by Gasteiger charge is 2.35. The van der Waals surface area contributed by atoms with Crippen molar-refractivity contribution in [2.24, 2.45) is 0 Å². The lowest BCUT2D eigenvalue weighted by Gasteiger charge is -2.13. The molecular weight excluding hydrogens is 396 g/mol. The Bertz CT molecular complexity index is 897. The average molecular weight is 396 g/mol. The van der Waals surface area contributed by atoms with Gasteiger partial charge in [0.15, 0.2) is 46.5 Å². The van der Waals surface area contributed by atoms with Crippen molar-refractivity contribution < 1.29 is 52.7 Å². The summed E-state index contributed by atoms with van der Waals surface area (Å²) in [4.78, 5) is 0. The summed E-state index contributed by atoms with van der Waals surface area (Å²) >= 11 is 0. The van der Waals surface area contributed by atoms with Crippen LogP contribution < -0.4 is 0 Å². The lowest BCUT2D eigenvalue weighted by atomic mass is 9.98. The molecule has 0 N–H and O–H groups in total. The van der Waals surface area contributed by atoms with Gasteiger partial charge in [-0.3, -0.25) is 0 Å². The Balaban J connectivity index is 3.03. The Morgan fingerprint density at radius 3 is 0.962 bits per heavy atom. The summed E-state index contributed by atoms with van der Waals surface area (Å²) in [5, 5.41) is 0. The summed E-state index contributed by atoms with van der Waals surface area (Å²) in [6, 6.07) is 0. The van der Waals surface area contributed by atoms with Crippen molar-refractivity contribution in [2.75, 3.05) is 0 Å². The number of halogens is 12. The fourth-order valence-electron chi connectivity index (χ4n) is 1.96. The van der Waals surface area contributed by atoms with E-state index >= 15 is 0 Å². The first-order valence-corrected chi connectivity index (χ1v) is 6.02. The fraction of sp³-hybridized carbons (Fsp3) is 0. The van der Waals surface area contributed by atoms with Crippen molar-refractivity contribution in [3.63, 3.8) is 0 Å². The summed E-state index contributed by atoms with van der Waals surface area (Å²) in [6.45, 7) is 0. The third kappa shape index (κ3) is 2.69. The zero-order valence-corrected chi connectivity index (χ0v) is 11.5. The molecule has 0 fully saturated rings. The molecule has 0 radical (unpaired) electrons. The lowest BCUT2D eigenvalue weighted by molar-refractivity contribution is 0.378. The summed E-state index contributed by atoms with van der Waals surface area (Å²) in [5.74, 6) is -28.4. The van der Waals surface area contributed by atoms with Crippen LogP contribution in [0.5, 0.6) is 0 Å². The van der Waals surface area contributed by atoms with Crippen molar-refractivity contribution in [2.45, 2.75) is 0 Å². The second-order valence-corrected chi connectivity index (χ2v) is 4.53. The molecule has 2 rings (SSSR count). The van der Waals surface area contributed by atoms with Gasteiger partial charge in [0.25, 0.3) is 0 Å². The Morgan fingerprint density at radius 1 is 0.385 bits per heavy atom. The lowest BCUT2D eigenvalue weighted by Crippen LogP contribution is -2.10. The zero-order valence-electron chi connectivity index (χ0n) is 11.5. The Kier molecular flexibility index (Phi) is 4.97. The molecule has 0 unspecified atom stereocenters. The van der Waals surface area contributed by atoms with Gasteiger partial charge in [-0.1, -0.05) is 0 Å². The second-order valence-electron chi connectivity index (χ2n) is 4.53. The largest absolute Gasteiger partial charge is 0.306 e. The molecule has 0 nitrogen and oxygen atoms in total. The molecule has 140 valence electrons. The molecule has 0 aliphatic rings. The third-order valence-electron chi connectivity index (χ3n) is 3.11. The molecule has 0 aliphatic heterocycles. The first kappa shape index (κ1) is 19.7. The molecule has 0 saturated heterocycles. The van der Waals surface area contributed by atoms with E-state index in [1.165, 1.54) is 0 Å². The molecule has 0 bridgehead atoms. The van der Waals surface area contributed by atoms with Crippen LogP contribution >= 0.6 is 0 Å². The molecule has 0 spiro atoms. The van der Waals surface area contributed by atoms with Crippen LogP contribution in [0, 0.1) is 52.4 Å². The van der Waals surface area contributed by atoms with Gasteiger partial charge in [-0.25, -0.2) is 43.9 Å². The molecule has 0 saturated carbocycles. The van der Waals surface area contributed by atoms with Gasteiger partial charge in [0.2, 0.25) is 11.6 Å². The van der Waals surface area contributed by atoms with Gasteiger partial charge in [0.05, 0.1) is 16.7 Å². The number of rotatable bonds is 2. The average Bonchev–Trinajstić information content (AvgIpc) is 2.59. The summed E-state index contributed by atoms with van der Waals surface area (Å²) in [7, 11) is 0. The van der Waals surface area contributed by atoms with Crippen molar-refractivity contribution in [3.05, 3.63) is 64.0 Å². The SMILES string of the molecule is FC(F)=C(F)c1c(F)c(F)c(-c2c(F)c(F)c(F)c(F)c2F)c(F)c1F. The number of hydrogen-bond donors (Lipinski definition) is 0. The molecule has 2 aromatic rings. The highest BCUT2D eigenvalue weighted by Crippen LogP contribution is 2.40. The molecule has 0 amide bonds. The highest BCUT2D eigenvalue weighted by atomic mass is 19.3. The summed E-state index contributed by atoms with van der Waals surface area (Å²) in [6.07, 6.45) is -3.40. The van der Waals surface area contributed by atoms with E-state index < -0.39 is 81.0 Å². The smallest absolute Gasteiger partial charge is 0.203 e. The minimum atomic E-state index is -3.40. The maximum absolute atomic E-state index is 13.8. The van der Waals surface area contributed by atoms with Crippen LogP contribution in [0.2, 0.25) is 0 Å². The molecule has 0 aliphatic carbocycles. The fourth-order valence-corrected chi connectivity index (χ4v) is 1.96. The van der Waals surface area contributed by atoms with Crippen LogP contribution in [0.25, 0.3) is 17.0 Å². The predicted octanol–water partition coefficient (Wildman–Crippen LogP) is 6.14. The van der Waals surface area contributed by atoms with Crippen LogP contribution in [-0.4, -0.2) is 0 Å². The van der Waals surface area contributed by atoms with Gasteiger partial charge in [0, 0.05) is 0 Å². The molecule has 0 heterocycles. The van der Waals surface area contributed by atoms with Gasteiger partial charge in [-0.05, 0) is 0 Å². The quantitative estimate of drug-likeness (QED) is 0.325. The normalized spacial score (nSPS) is 11.1. The van der Waals surface area contributed by atoms with Crippen LogP contribution in [0.3, 0.4) is 0 Å². The van der Waals surface area contributed by atoms with Crippen molar-refractivity contribution >= 4 is 5.83 Å². The minimum absolute atomic E-state index is 2.41. The third-order valence-corrected chi connectivity index (χ3v) is 3.11. The van der Waals surface area contributed by atoms with Crippen LogP contribution in [0.1, 0.15) is 5.56 Å². The van der Waals surface area contributed by atoms with E-state index in [-0.39, 0.29) is 0 Å². The monoisotopic (exact) mass is 396 g/mol. The van der Waals surface area contributed by atoms with E-state index in [0.717, 1.165) is 0 Å². The number of hydrogen-bond acceptors (Lipinski definition) is 0. The molecule has 0 atom stereocenters. The van der Waals surface area contributed by atoms with Crippen molar-refractivity contribution in [1.29, 1.82) is 0 Å². The molecule has 2 aromatic carbocycles. The van der Waals surface area contributed by atoms with E-state index in [1.54, 1.807) is 0 Å². The predicted molar refractivity (Wildman–Crippen MR) is 61.7 cm³/mol.